The van der Waals surface area contributed by atoms with Gasteiger partial charge in [0.1, 0.15) is 11.4 Å². The summed E-state index contributed by atoms with van der Waals surface area (Å²) in [6.45, 7) is 3.64. The molecule has 0 saturated heterocycles. The van der Waals surface area contributed by atoms with Crippen molar-refractivity contribution in [1.82, 2.24) is 5.32 Å². The Kier molecular flexibility index (Phi) is 5.93. The molecule has 0 fully saturated rings. The summed E-state index contributed by atoms with van der Waals surface area (Å²) in [6, 6.07) is 10.8. The van der Waals surface area contributed by atoms with Crippen molar-refractivity contribution in [1.29, 1.82) is 0 Å². The van der Waals surface area contributed by atoms with E-state index < -0.39 is 5.60 Å². The molecular weight excluding hydrogens is 306 g/mol. The molecule has 1 aromatic heterocycles. The molecule has 0 radical (unpaired) electrons. The molecule has 5 nitrogen and oxygen atoms in total. The third kappa shape index (κ3) is 4.80. The van der Waals surface area contributed by atoms with Gasteiger partial charge in [0.05, 0.1) is 12.8 Å². The van der Waals surface area contributed by atoms with E-state index in [1.807, 2.05) is 12.1 Å². The highest BCUT2D eigenvalue weighted by Gasteiger charge is 2.26. The van der Waals surface area contributed by atoms with Crippen LogP contribution < -0.4 is 5.32 Å². The van der Waals surface area contributed by atoms with Crippen molar-refractivity contribution in [3.63, 3.8) is 0 Å². The molecule has 0 aliphatic heterocycles. The van der Waals surface area contributed by atoms with Gasteiger partial charge in [0.15, 0.2) is 5.78 Å². The first kappa shape index (κ1) is 17.9. The Balaban J connectivity index is 1.79. The quantitative estimate of drug-likeness (QED) is 0.730. The van der Waals surface area contributed by atoms with Crippen LogP contribution >= 0.6 is 0 Å². The smallest absolute Gasteiger partial charge is 0.220 e. The lowest BCUT2D eigenvalue weighted by Gasteiger charge is -2.21. The maximum atomic E-state index is 12.1. The number of Topliss-reactive ketones (excluding diaryl/α,β-unsaturated/α-hetero) is 1. The van der Waals surface area contributed by atoms with E-state index in [1.54, 1.807) is 31.2 Å². The molecule has 2 aromatic rings. The number of furan rings is 1. The maximum Gasteiger partial charge on any atom is 0.220 e. The molecule has 2 rings (SSSR count). The lowest BCUT2D eigenvalue weighted by Crippen LogP contribution is -2.38. The molecule has 1 heterocycles. The Morgan fingerprint density at radius 1 is 1.17 bits per heavy atom. The van der Waals surface area contributed by atoms with Crippen molar-refractivity contribution >= 4 is 11.7 Å². The molecule has 1 amide bonds. The Hall–Kier alpha value is -2.40. The molecule has 0 aliphatic rings. The first-order chi connectivity index (χ1) is 11.4. The minimum absolute atomic E-state index is 0.0265. The molecule has 0 saturated carbocycles. The van der Waals surface area contributed by atoms with Gasteiger partial charge >= 0.3 is 0 Å². The van der Waals surface area contributed by atoms with E-state index in [9.17, 15) is 14.7 Å². The molecule has 128 valence electrons. The second kappa shape index (κ2) is 7.93. The second-order valence-corrected chi connectivity index (χ2v) is 6.00. The number of nitrogens with one attached hydrogen (secondary N) is 1. The van der Waals surface area contributed by atoms with E-state index in [1.165, 1.54) is 11.8 Å². The van der Waals surface area contributed by atoms with Gasteiger partial charge in [-0.3, -0.25) is 9.59 Å². The van der Waals surface area contributed by atoms with Crippen LogP contribution in [0.1, 0.15) is 48.4 Å². The summed E-state index contributed by atoms with van der Waals surface area (Å²) in [5, 5.41) is 12.9. The highest BCUT2D eigenvalue weighted by Crippen LogP contribution is 2.19. The fraction of sp³-hybridized carbons (Fsp3) is 0.368. The Labute approximate surface area is 141 Å². The fourth-order valence-electron chi connectivity index (χ4n) is 2.33. The second-order valence-electron chi connectivity index (χ2n) is 6.00. The van der Waals surface area contributed by atoms with E-state index >= 15 is 0 Å². The molecule has 2 N–H and O–H groups in total. The summed E-state index contributed by atoms with van der Waals surface area (Å²) >= 11 is 0. The highest BCUT2D eigenvalue weighted by atomic mass is 16.4. The van der Waals surface area contributed by atoms with Gasteiger partial charge in [-0.2, -0.15) is 0 Å². The number of aliphatic hydroxyl groups is 1. The van der Waals surface area contributed by atoms with Crippen molar-refractivity contribution < 1.29 is 19.1 Å². The largest absolute Gasteiger partial charge is 0.466 e. The van der Waals surface area contributed by atoms with E-state index in [0.717, 1.165) is 6.42 Å². The van der Waals surface area contributed by atoms with Crippen LogP contribution in [0.2, 0.25) is 0 Å². The minimum Gasteiger partial charge on any atom is -0.466 e. The first-order valence-electron chi connectivity index (χ1n) is 8.07. The molecule has 0 spiro atoms. The zero-order valence-electron chi connectivity index (χ0n) is 14.0. The number of hydrogen-bond donors (Lipinski definition) is 2. The summed E-state index contributed by atoms with van der Waals surface area (Å²) in [7, 11) is 0. The number of amides is 1. The number of ketones is 1. The van der Waals surface area contributed by atoms with Crippen LogP contribution in [0.25, 0.3) is 0 Å². The lowest BCUT2D eigenvalue weighted by molar-refractivity contribution is -0.122. The number of carbonyl (C=O) groups is 2. The Bertz CT molecular complexity index is 672. The number of rotatable bonds is 8. The van der Waals surface area contributed by atoms with Crippen molar-refractivity contribution in [3.8, 4) is 0 Å². The molecule has 1 unspecified atom stereocenters. The molecule has 0 aliphatic carbocycles. The van der Waals surface area contributed by atoms with Gasteiger partial charge in [-0.25, -0.2) is 0 Å². The van der Waals surface area contributed by atoms with Gasteiger partial charge in [-0.1, -0.05) is 31.2 Å². The molecule has 1 atom stereocenters. The summed E-state index contributed by atoms with van der Waals surface area (Å²) < 4.78 is 5.15. The molecule has 1 aromatic carbocycles. The predicted octanol–water partition coefficient (Wildman–Crippen LogP) is 2.83. The molecule has 24 heavy (non-hydrogen) atoms. The van der Waals surface area contributed by atoms with Crippen molar-refractivity contribution in [2.75, 3.05) is 6.54 Å². The summed E-state index contributed by atoms with van der Waals surface area (Å²) in [4.78, 5) is 24.0. The van der Waals surface area contributed by atoms with Crippen LogP contribution in [0.4, 0.5) is 0 Å². The van der Waals surface area contributed by atoms with Gasteiger partial charge in [0.25, 0.3) is 0 Å². The number of hydrogen-bond acceptors (Lipinski definition) is 4. The van der Waals surface area contributed by atoms with Crippen LogP contribution in [-0.2, 0) is 16.8 Å². The highest BCUT2D eigenvalue weighted by molar-refractivity contribution is 5.97. The van der Waals surface area contributed by atoms with Gasteiger partial charge in [-0.15, -0.1) is 0 Å². The van der Waals surface area contributed by atoms with Crippen molar-refractivity contribution in [2.24, 2.45) is 0 Å². The fourth-order valence-corrected chi connectivity index (χ4v) is 2.33. The lowest BCUT2D eigenvalue weighted by atomic mass is 10.0. The summed E-state index contributed by atoms with van der Waals surface area (Å²) in [5.41, 5.74) is 0.506. The van der Waals surface area contributed by atoms with Gasteiger partial charge in [0, 0.05) is 18.4 Å². The average Bonchev–Trinajstić information content (AvgIpc) is 3.13. The van der Waals surface area contributed by atoms with Gasteiger partial charge in [-0.05, 0) is 31.0 Å². The Morgan fingerprint density at radius 3 is 2.46 bits per heavy atom. The van der Waals surface area contributed by atoms with Crippen LogP contribution in [0.5, 0.6) is 0 Å². The van der Waals surface area contributed by atoms with Crippen molar-refractivity contribution in [3.05, 3.63) is 59.5 Å². The monoisotopic (exact) mass is 329 g/mol. The standard InChI is InChI=1S/C19H23NO4/c1-3-14-6-8-15(9-7-14)16(21)10-11-18(22)20-13-19(2,23)17-5-4-12-24-17/h4-9,12,23H,3,10-11,13H2,1-2H3,(H,20,22). The van der Waals surface area contributed by atoms with Crippen LogP contribution in [0.3, 0.4) is 0 Å². The number of aryl methyl sites for hydroxylation is 1. The molecule has 0 bridgehead atoms. The van der Waals surface area contributed by atoms with Crippen molar-refractivity contribution in [2.45, 2.75) is 38.7 Å². The SMILES string of the molecule is CCc1ccc(C(=O)CCC(=O)NCC(C)(O)c2ccco2)cc1. The summed E-state index contributed by atoms with van der Waals surface area (Å²) in [6.07, 6.45) is 2.61. The van der Waals surface area contributed by atoms with Crippen LogP contribution in [0, 0.1) is 0 Å². The third-order valence-corrected chi connectivity index (χ3v) is 3.95. The third-order valence-electron chi connectivity index (χ3n) is 3.95. The zero-order chi connectivity index (χ0) is 17.6. The number of carbonyl (C=O) groups excluding carboxylic acids is 2. The van der Waals surface area contributed by atoms with Gasteiger partial charge < -0.3 is 14.8 Å². The first-order valence-corrected chi connectivity index (χ1v) is 8.07. The van der Waals surface area contributed by atoms with E-state index in [-0.39, 0.29) is 31.1 Å². The molecular formula is C19H23NO4. The average molecular weight is 329 g/mol. The van der Waals surface area contributed by atoms with Crippen LogP contribution in [0.15, 0.2) is 47.1 Å². The van der Waals surface area contributed by atoms with E-state index in [4.69, 9.17) is 4.42 Å². The topological polar surface area (TPSA) is 79.5 Å². The normalized spacial score (nSPS) is 13.3. The van der Waals surface area contributed by atoms with E-state index in [2.05, 4.69) is 12.2 Å². The van der Waals surface area contributed by atoms with E-state index in [0.29, 0.717) is 11.3 Å². The summed E-state index contributed by atoms with van der Waals surface area (Å²) in [5.74, 6) is 0.0425. The Morgan fingerprint density at radius 2 is 1.88 bits per heavy atom. The van der Waals surface area contributed by atoms with Crippen LogP contribution in [-0.4, -0.2) is 23.3 Å². The number of benzene rings is 1. The molecule has 5 heteroatoms. The predicted molar refractivity (Wildman–Crippen MR) is 90.7 cm³/mol. The minimum atomic E-state index is -1.28. The zero-order valence-corrected chi connectivity index (χ0v) is 14.0. The maximum absolute atomic E-state index is 12.1. The van der Waals surface area contributed by atoms with Gasteiger partial charge in [0.2, 0.25) is 5.91 Å².